The lowest BCUT2D eigenvalue weighted by molar-refractivity contribution is -0.133. The monoisotopic (exact) mass is 398 g/mol. The number of nitrogens with zero attached hydrogens (tertiary/aromatic N) is 1. The van der Waals surface area contributed by atoms with Gasteiger partial charge in [0.2, 0.25) is 15.9 Å². The molecule has 3 rings (SSSR count). The van der Waals surface area contributed by atoms with Gasteiger partial charge in [-0.15, -0.1) is 11.3 Å². The maximum atomic E-state index is 12.5. The minimum atomic E-state index is -3.63. The molecule has 0 unspecified atom stereocenters. The lowest BCUT2D eigenvalue weighted by Crippen LogP contribution is -2.39. The molecule has 2 heterocycles. The number of benzene rings is 1. The van der Waals surface area contributed by atoms with Crippen LogP contribution in [-0.2, 0) is 21.2 Å². The van der Waals surface area contributed by atoms with Crippen molar-refractivity contribution in [1.29, 1.82) is 0 Å². The first-order chi connectivity index (χ1) is 11.9. The maximum absolute atomic E-state index is 12.5. The molecule has 0 saturated carbocycles. The molecule has 0 fully saturated rings. The van der Waals surface area contributed by atoms with Gasteiger partial charge in [-0.05, 0) is 54.6 Å². The zero-order valence-electron chi connectivity index (χ0n) is 13.7. The first-order valence-corrected chi connectivity index (χ1v) is 10.7. The summed E-state index contributed by atoms with van der Waals surface area (Å²) >= 11 is 7.49. The molecule has 8 heteroatoms. The third kappa shape index (κ3) is 4.06. The Morgan fingerprint density at radius 1 is 1.32 bits per heavy atom. The van der Waals surface area contributed by atoms with Crippen molar-refractivity contribution >= 4 is 38.9 Å². The van der Waals surface area contributed by atoms with Crippen LogP contribution in [0.5, 0.6) is 0 Å². The smallest absolute Gasteiger partial charge is 0.240 e. The first-order valence-electron chi connectivity index (χ1n) is 7.99. The van der Waals surface area contributed by atoms with Crippen molar-refractivity contribution in [3.05, 3.63) is 51.2 Å². The highest BCUT2D eigenvalue weighted by Crippen LogP contribution is 2.33. The van der Waals surface area contributed by atoms with Crippen molar-refractivity contribution in [1.82, 2.24) is 9.62 Å². The van der Waals surface area contributed by atoms with E-state index in [9.17, 15) is 13.2 Å². The van der Waals surface area contributed by atoms with Crippen LogP contribution in [0.1, 0.15) is 29.8 Å². The molecule has 1 aliphatic rings. The summed E-state index contributed by atoms with van der Waals surface area (Å²) in [7, 11) is -3.63. The number of hydrogen-bond acceptors (Lipinski definition) is 4. The highest BCUT2D eigenvalue weighted by atomic mass is 35.5. The van der Waals surface area contributed by atoms with Gasteiger partial charge in [0.05, 0.1) is 10.9 Å². The highest BCUT2D eigenvalue weighted by molar-refractivity contribution is 7.89. The molecule has 1 aliphatic heterocycles. The molecule has 0 spiro atoms. The van der Waals surface area contributed by atoms with E-state index in [1.807, 2.05) is 11.8 Å². The summed E-state index contributed by atoms with van der Waals surface area (Å²) in [5.41, 5.74) is 1.20. The standard InChI is InChI=1S/C17H19ClN2O3S2/c1-12-15-8-11-24-16(15)7-10-20(12)17(21)6-9-19-25(22,23)14-4-2-13(18)3-5-14/h2-5,8,11-12,19H,6-7,9-10H2,1H3/t12-/m1/s1. The fourth-order valence-electron chi connectivity index (χ4n) is 2.98. The van der Waals surface area contributed by atoms with Gasteiger partial charge >= 0.3 is 0 Å². The molecule has 0 radical (unpaired) electrons. The lowest BCUT2D eigenvalue weighted by atomic mass is 10.0. The Morgan fingerprint density at radius 3 is 2.76 bits per heavy atom. The molecule has 1 aromatic heterocycles. The number of fused-ring (bicyclic) bond motifs is 1. The molecule has 5 nitrogen and oxygen atoms in total. The minimum Gasteiger partial charge on any atom is -0.335 e. The Labute approximate surface area is 156 Å². The molecule has 1 N–H and O–H groups in total. The predicted octanol–water partition coefficient (Wildman–Crippen LogP) is 3.22. The summed E-state index contributed by atoms with van der Waals surface area (Å²) in [6, 6.07) is 8.03. The number of sulfonamides is 1. The second kappa shape index (κ2) is 7.45. The predicted molar refractivity (Wildman–Crippen MR) is 99.4 cm³/mol. The van der Waals surface area contributed by atoms with Crippen molar-refractivity contribution in [2.24, 2.45) is 0 Å². The largest absolute Gasteiger partial charge is 0.335 e. The molecule has 1 amide bonds. The zero-order valence-corrected chi connectivity index (χ0v) is 16.1. The normalized spacial score (nSPS) is 17.4. The molecule has 25 heavy (non-hydrogen) atoms. The fraction of sp³-hybridized carbons (Fsp3) is 0.353. The SMILES string of the molecule is C[C@@H]1c2ccsc2CCN1C(=O)CCNS(=O)(=O)c1ccc(Cl)cc1. The summed E-state index contributed by atoms with van der Waals surface area (Å²) in [4.78, 5) is 15.8. The minimum absolute atomic E-state index is 0.0374. The van der Waals surface area contributed by atoms with Gasteiger partial charge in [-0.1, -0.05) is 11.6 Å². The summed E-state index contributed by atoms with van der Waals surface area (Å²) in [6.45, 7) is 2.77. The zero-order chi connectivity index (χ0) is 18.0. The Kier molecular flexibility index (Phi) is 5.48. The van der Waals surface area contributed by atoms with Gasteiger partial charge in [0.15, 0.2) is 0 Å². The first kappa shape index (κ1) is 18.4. The van der Waals surface area contributed by atoms with Crippen molar-refractivity contribution in [2.45, 2.75) is 30.7 Å². The number of hydrogen-bond donors (Lipinski definition) is 1. The van der Waals surface area contributed by atoms with Crippen LogP contribution in [0, 0.1) is 0 Å². The number of nitrogens with one attached hydrogen (secondary N) is 1. The summed E-state index contributed by atoms with van der Waals surface area (Å²) in [5.74, 6) is -0.0387. The molecule has 1 aromatic carbocycles. The van der Waals surface area contributed by atoms with E-state index in [2.05, 4.69) is 16.2 Å². The van der Waals surface area contributed by atoms with Gasteiger partial charge in [0, 0.05) is 29.4 Å². The second-order valence-corrected chi connectivity index (χ2v) is 9.12. The number of halogens is 1. The summed E-state index contributed by atoms with van der Waals surface area (Å²) in [5, 5.41) is 2.52. The Hall–Kier alpha value is -1.41. The molecule has 134 valence electrons. The van der Waals surface area contributed by atoms with E-state index in [4.69, 9.17) is 11.6 Å². The van der Waals surface area contributed by atoms with E-state index in [1.165, 1.54) is 34.7 Å². The molecule has 1 atom stereocenters. The Balaban J connectivity index is 1.57. The molecular formula is C17H19ClN2O3S2. The number of carbonyl (C=O) groups is 1. The van der Waals surface area contributed by atoms with Crippen molar-refractivity contribution < 1.29 is 13.2 Å². The van der Waals surface area contributed by atoms with Crippen molar-refractivity contribution in [3.63, 3.8) is 0 Å². The number of rotatable bonds is 5. The van der Waals surface area contributed by atoms with Crippen LogP contribution in [0.15, 0.2) is 40.6 Å². The third-order valence-corrected chi connectivity index (χ3v) is 7.08. The van der Waals surface area contributed by atoms with Crippen molar-refractivity contribution in [3.8, 4) is 0 Å². The second-order valence-electron chi connectivity index (χ2n) is 5.91. The maximum Gasteiger partial charge on any atom is 0.240 e. The van der Waals surface area contributed by atoms with E-state index < -0.39 is 10.0 Å². The summed E-state index contributed by atoms with van der Waals surface area (Å²) < 4.78 is 26.9. The molecular weight excluding hydrogens is 380 g/mol. The topological polar surface area (TPSA) is 66.5 Å². The molecule has 0 saturated heterocycles. The van der Waals surface area contributed by atoms with Gasteiger partial charge in [-0.25, -0.2) is 13.1 Å². The van der Waals surface area contributed by atoms with Gasteiger partial charge in [-0.2, -0.15) is 0 Å². The van der Waals surface area contributed by atoms with Crippen molar-refractivity contribution in [2.75, 3.05) is 13.1 Å². The van der Waals surface area contributed by atoms with Crippen LogP contribution in [-0.4, -0.2) is 32.3 Å². The van der Waals surface area contributed by atoms with Crippen LogP contribution < -0.4 is 4.72 Å². The highest BCUT2D eigenvalue weighted by Gasteiger charge is 2.28. The van der Waals surface area contributed by atoms with Gasteiger partial charge < -0.3 is 4.90 Å². The number of thiophene rings is 1. The van der Waals surface area contributed by atoms with E-state index in [0.29, 0.717) is 11.6 Å². The van der Waals surface area contributed by atoms with Crippen LogP contribution in [0.2, 0.25) is 5.02 Å². The van der Waals surface area contributed by atoms with Crippen LogP contribution in [0.25, 0.3) is 0 Å². The van der Waals surface area contributed by atoms with Crippen LogP contribution in [0.4, 0.5) is 0 Å². The fourth-order valence-corrected chi connectivity index (χ4v) is 5.10. The Bertz CT molecular complexity index is 862. The third-order valence-electron chi connectivity index (χ3n) is 4.35. The van der Waals surface area contributed by atoms with Crippen LogP contribution in [0.3, 0.4) is 0 Å². The van der Waals surface area contributed by atoms with Gasteiger partial charge in [0.1, 0.15) is 0 Å². The van der Waals surface area contributed by atoms with Gasteiger partial charge in [0.25, 0.3) is 0 Å². The van der Waals surface area contributed by atoms with E-state index in [1.54, 1.807) is 11.3 Å². The molecule has 0 bridgehead atoms. The number of amides is 1. The average molecular weight is 399 g/mol. The lowest BCUT2D eigenvalue weighted by Gasteiger charge is -2.33. The van der Waals surface area contributed by atoms with Gasteiger partial charge in [-0.3, -0.25) is 4.79 Å². The number of carbonyl (C=O) groups excluding carboxylic acids is 1. The molecule has 2 aromatic rings. The molecule has 0 aliphatic carbocycles. The summed E-state index contributed by atoms with van der Waals surface area (Å²) in [6.07, 6.45) is 0.996. The van der Waals surface area contributed by atoms with E-state index >= 15 is 0 Å². The quantitative estimate of drug-likeness (QED) is 0.840. The van der Waals surface area contributed by atoms with E-state index in [0.717, 1.165) is 6.42 Å². The Morgan fingerprint density at radius 2 is 2.04 bits per heavy atom. The van der Waals surface area contributed by atoms with E-state index in [-0.39, 0.29) is 29.8 Å². The van der Waals surface area contributed by atoms with Crippen LogP contribution >= 0.6 is 22.9 Å². The average Bonchev–Trinajstić information content (AvgIpc) is 3.05.